The second-order valence-electron chi connectivity index (χ2n) is 2.43. The summed E-state index contributed by atoms with van der Waals surface area (Å²) in [4.78, 5) is 0. The van der Waals surface area contributed by atoms with E-state index in [1.165, 1.54) is 0 Å². The van der Waals surface area contributed by atoms with Crippen molar-refractivity contribution in [2.45, 2.75) is 6.10 Å². The molecule has 4 heteroatoms. The lowest BCUT2D eigenvalue weighted by Crippen LogP contribution is -2.11. The number of benzene rings is 1. The third kappa shape index (κ3) is 2.20. The summed E-state index contributed by atoms with van der Waals surface area (Å²) in [6.07, 6.45) is -0.612. The van der Waals surface area contributed by atoms with Gasteiger partial charge in [0.2, 0.25) is 0 Å². The van der Waals surface area contributed by atoms with E-state index in [4.69, 9.17) is 17.3 Å². The average Bonchev–Trinajstić information content (AvgIpc) is 2.08. The summed E-state index contributed by atoms with van der Waals surface area (Å²) in [5.74, 6) is 0. The Labute approximate surface area is 84.5 Å². The zero-order chi connectivity index (χ0) is 9.14. The van der Waals surface area contributed by atoms with Gasteiger partial charge in [-0.3, -0.25) is 0 Å². The predicted octanol–water partition coefficient (Wildman–Crippen LogP) is 2.09. The van der Waals surface area contributed by atoms with Crippen molar-refractivity contribution in [3.63, 3.8) is 0 Å². The summed E-state index contributed by atoms with van der Waals surface area (Å²) in [5.41, 5.74) is 6.07. The van der Waals surface area contributed by atoms with Crippen LogP contribution in [0.2, 0.25) is 5.02 Å². The molecule has 12 heavy (non-hydrogen) atoms. The summed E-state index contributed by atoms with van der Waals surface area (Å²) in [7, 11) is 0. The van der Waals surface area contributed by atoms with E-state index in [1.807, 2.05) is 0 Å². The maximum absolute atomic E-state index is 9.36. The van der Waals surface area contributed by atoms with Gasteiger partial charge in [0.05, 0.1) is 11.1 Å². The first-order valence-corrected chi connectivity index (χ1v) is 4.65. The monoisotopic (exact) mass is 249 g/mol. The third-order valence-electron chi connectivity index (χ3n) is 1.55. The maximum Gasteiger partial charge on any atom is 0.0912 e. The van der Waals surface area contributed by atoms with Crippen molar-refractivity contribution < 1.29 is 5.11 Å². The molecule has 0 aliphatic carbocycles. The highest BCUT2D eigenvalue weighted by Crippen LogP contribution is 2.25. The number of aliphatic hydroxyl groups excluding tert-OH is 1. The summed E-state index contributed by atoms with van der Waals surface area (Å²) in [5, 5.41) is 9.98. The Balaban J connectivity index is 2.96. The summed E-state index contributed by atoms with van der Waals surface area (Å²) >= 11 is 9.03. The van der Waals surface area contributed by atoms with E-state index in [1.54, 1.807) is 18.2 Å². The lowest BCUT2D eigenvalue weighted by Gasteiger charge is -2.08. The minimum Gasteiger partial charge on any atom is -0.387 e. The van der Waals surface area contributed by atoms with E-state index in [2.05, 4.69) is 15.9 Å². The molecule has 1 aromatic carbocycles. The molecular formula is C8H9BrClNO. The second kappa shape index (κ2) is 4.23. The quantitative estimate of drug-likeness (QED) is 0.844. The fraction of sp³-hybridized carbons (Fsp3) is 0.250. The van der Waals surface area contributed by atoms with E-state index in [0.29, 0.717) is 5.02 Å². The first-order valence-electron chi connectivity index (χ1n) is 3.48. The van der Waals surface area contributed by atoms with Gasteiger partial charge in [-0.05, 0) is 33.6 Å². The number of aliphatic hydroxyl groups is 1. The van der Waals surface area contributed by atoms with Crippen LogP contribution in [-0.2, 0) is 0 Å². The number of hydrogen-bond acceptors (Lipinski definition) is 2. The number of rotatable bonds is 2. The van der Waals surface area contributed by atoms with Crippen molar-refractivity contribution in [2.24, 2.45) is 5.73 Å². The Bertz CT molecular complexity index is 280. The summed E-state index contributed by atoms with van der Waals surface area (Å²) in [6, 6.07) is 5.24. The van der Waals surface area contributed by atoms with Gasteiger partial charge in [-0.2, -0.15) is 0 Å². The van der Waals surface area contributed by atoms with Crippen molar-refractivity contribution in [2.75, 3.05) is 6.54 Å². The summed E-state index contributed by atoms with van der Waals surface area (Å²) < 4.78 is 0.772. The highest BCUT2D eigenvalue weighted by molar-refractivity contribution is 9.10. The van der Waals surface area contributed by atoms with Crippen LogP contribution >= 0.6 is 27.5 Å². The van der Waals surface area contributed by atoms with E-state index in [9.17, 15) is 5.11 Å². The molecule has 0 aliphatic rings. The van der Waals surface area contributed by atoms with Gasteiger partial charge in [0.15, 0.2) is 0 Å². The molecule has 0 fully saturated rings. The van der Waals surface area contributed by atoms with Crippen LogP contribution in [-0.4, -0.2) is 11.7 Å². The van der Waals surface area contributed by atoms with Crippen LogP contribution in [0.3, 0.4) is 0 Å². The maximum atomic E-state index is 9.36. The summed E-state index contributed by atoms with van der Waals surface area (Å²) in [6.45, 7) is 0.216. The topological polar surface area (TPSA) is 46.2 Å². The third-order valence-corrected chi connectivity index (χ3v) is 2.77. The molecule has 0 saturated carbocycles. The van der Waals surface area contributed by atoms with E-state index < -0.39 is 6.10 Å². The molecule has 2 nitrogen and oxygen atoms in total. The van der Waals surface area contributed by atoms with Crippen LogP contribution in [0.25, 0.3) is 0 Å². The molecule has 0 heterocycles. The van der Waals surface area contributed by atoms with Crippen LogP contribution in [0.1, 0.15) is 11.7 Å². The Kier molecular flexibility index (Phi) is 3.53. The smallest absolute Gasteiger partial charge is 0.0912 e. The SMILES string of the molecule is NCC(O)c1ccc(Cl)c(Br)c1. The van der Waals surface area contributed by atoms with Crippen molar-refractivity contribution >= 4 is 27.5 Å². The molecule has 66 valence electrons. The van der Waals surface area contributed by atoms with E-state index in [-0.39, 0.29) is 6.54 Å². The fourth-order valence-corrected chi connectivity index (χ4v) is 1.37. The van der Waals surface area contributed by atoms with E-state index in [0.717, 1.165) is 10.0 Å². The van der Waals surface area contributed by atoms with Crippen molar-refractivity contribution in [3.8, 4) is 0 Å². The second-order valence-corrected chi connectivity index (χ2v) is 3.69. The number of hydrogen-bond donors (Lipinski definition) is 2. The molecule has 0 spiro atoms. The molecule has 0 radical (unpaired) electrons. The van der Waals surface area contributed by atoms with Crippen LogP contribution < -0.4 is 5.73 Å². The molecule has 1 atom stereocenters. The Hall–Kier alpha value is -0.0900. The van der Waals surface area contributed by atoms with Crippen LogP contribution in [0.4, 0.5) is 0 Å². The first kappa shape index (κ1) is 9.99. The fourth-order valence-electron chi connectivity index (χ4n) is 0.856. The van der Waals surface area contributed by atoms with E-state index >= 15 is 0 Å². The highest BCUT2D eigenvalue weighted by Gasteiger charge is 2.06. The zero-order valence-electron chi connectivity index (χ0n) is 6.30. The molecule has 1 aromatic rings. The van der Waals surface area contributed by atoms with Gasteiger partial charge < -0.3 is 10.8 Å². The van der Waals surface area contributed by atoms with Gasteiger partial charge in [-0.15, -0.1) is 0 Å². The average molecular weight is 251 g/mol. The normalized spacial score (nSPS) is 13.0. The Morgan fingerprint density at radius 2 is 2.25 bits per heavy atom. The van der Waals surface area contributed by atoms with Gasteiger partial charge in [-0.25, -0.2) is 0 Å². The molecule has 0 aliphatic heterocycles. The molecule has 3 N–H and O–H groups in total. The molecular weight excluding hydrogens is 241 g/mol. The van der Waals surface area contributed by atoms with Crippen LogP contribution in [0, 0.1) is 0 Å². The largest absolute Gasteiger partial charge is 0.387 e. The number of nitrogens with two attached hydrogens (primary N) is 1. The minimum atomic E-state index is -0.612. The van der Waals surface area contributed by atoms with Crippen molar-refractivity contribution in [3.05, 3.63) is 33.3 Å². The molecule has 0 amide bonds. The molecule has 0 bridgehead atoms. The Morgan fingerprint density at radius 1 is 1.58 bits per heavy atom. The first-order chi connectivity index (χ1) is 5.65. The van der Waals surface area contributed by atoms with Gasteiger partial charge in [0.25, 0.3) is 0 Å². The lowest BCUT2D eigenvalue weighted by atomic mass is 10.1. The van der Waals surface area contributed by atoms with Crippen molar-refractivity contribution in [1.82, 2.24) is 0 Å². The standard InChI is InChI=1S/C8H9BrClNO/c9-6-3-5(8(12)4-11)1-2-7(6)10/h1-3,8,12H,4,11H2. The van der Waals surface area contributed by atoms with Gasteiger partial charge in [0.1, 0.15) is 0 Å². The molecule has 0 saturated heterocycles. The molecule has 1 rings (SSSR count). The predicted molar refractivity (Wildman–Crippen MR) is 53.2 cm³/mol. The van der Waals surface area contributed by atoms with Crippen LogP contribution in [0.5, 0.6) is 0 Å². The molecule has 0 aromatic heterocycles. The van der Waals surface area contributed by atoms with Gasteiger partial charge in [-0.1, -0.05) is 17.7 Å². The lowest BCUT2D eigenvalue weighted by molar-refractivity contribution is 0.186. The Morgan fingerprint density at radius 3 is 2.75 bits per heavy atom. The number of halogens is 2. The van der Waals surface area contributed by atoms with Crippen molar-refractivity contribution in [1.29, 1.82) is 0 Å². The molecule has 1 unspecified atom stereocenters. The van der Waals surface area contributed by atoms with Gasteiger partial charge in [0, 0.05) is 11.0 Å². The van der Waals surface area contributed by atoms with Gasteiger partial charge >= 0.3 is 0 Å². The zero-order valence-corrected chi connectivity index (χ0v) is 8.64. The minimum absolute atomic E-state index is 0.216. The van der Waals surface area contributed by atoms with Crippen LogP contribution in [0.15, 0.2) is 22.7 Å². The highest BCUT2D eigenvalue weighted by atomic mass is 79.9.